The molecule has 1 aliphatic rings. The van der Waals surface area contributed by atoms with E-state index in [2.05, 4.69) is 10.0 Å². The number of carbonyl (C=O) groups excluding carboxylic acids is 1. The molecule has 8 nitrogen and oxygen atoms in total. The highest BCUT2D eigenvalue weighted by molar-refractivity contribution is 7.92. The minimum atomic E-state index is -3.88. The third kappa shape index (κ3) is 5.46. The van der Waals surface area contributed by atoms with Gasteiger partial charge in [0, 0.05) is 30.0 Å². The molecule has 0 saturated carbocycles. The van der Waals surface area contributed by atoms with E-state index in [-0.39, 0.29) is 15.4 Å². The number of nitrogens with zero attached hydrogens (tertiary/aromatic N) is 1. The first-order valence-corrected chi connectivity index (χ1v) is 13.8. The lowest BCUT2D eigenvalue weighted by Gasteiger charge is -2.25. The fraction of sp³-hybridized carbons (Fsp3) is 0.208. The van der Waals surface area contributed by atoms with Gasteiger partial charge in [-0.15, -0.1) is 0 Å². The van der Waals surface area contributed by atoms with Crippen molar-refractivity contribution in [2.45, 2.75) is 29.1 Å². The van der Waals surface area contributed by atoms with E-state index in [1.165, 1.54) is 52.8 Å². The molecule has 178 valence electrons. The quantitative estimate of drug-likeness (QED) is 0.512. The average molecular weight is 500 g/mol. The van der Waals surface area contributed by atoms with Crippen molar-refractivity contribution in [3.8, 4) is 0 Å². The van der Waals surface area contributed by atoms with Crippen LogP contribution < -0.4 is 10.0 Å². The maximum absolute atomic E-state index is 12.8. The maximum atomic E-state index is 12.8. The van der Waals surface area contributed by atoms with E-state index in [4.69, 9.17) is 0 Å². The van der Waals surface area contributed by atoms with E-state index in [0.717, 1.165) is 19.3 Å². The van der Waals surface area contributed by atoms with Gasteiger partial charge in [-0.3, -0.25) is 9.52 Å². The standard InChI is InChI=1S/C24H25N3O5S2/c28-24(19-8-7-11-23(18-19)33(29,30)26-21-9-3-1-4-10-21)25-20-12-14-22(15-13-20)34(31,32)27-16-5-2-6-17-27/h1,3-4,7-15,18,26H,2,5-6,16-17H2,(H,25,28). The Bertz CT molecular complexity index is 1370. The summed E-state index contributed by atoms with van der Waals surface area (Å²) in [5.74, 6) is -0.511. The van der Waals surface area contributed by atoms with Gasteiger partial charge in [0.15, 0.2) is 0 Å². The van der Waals surface area contributed by atoms with Crippen molar-refractivity contribution in [1.82, 2.24) is 4.31 Å². The second-order valence-corrected chi connectivity index (χ2v) is 11.6. The molecule has 1 heterocycles. The van der Waals surface area contributed by atoms with Crippen molar-refractivity contribution in [3.05, 3.63) is 84.4 Å². The van der Waals surface area contributed by atoms with Crippen LogP contribution in [0, 0.1) is 0 Å². The molecule has 10 heteroatoms. The Kier molecular flexibility index (Phi) is 7.01. The fourth-order valence-electron chi connectivity index (χ4n) is 3.69. The van der Waals surface area contributed by atoms with Crippen molar-refractivity contribution in [2.75, 3.05) is 23.1 Å². The minimum absolute atomic E-state index is 0.0491. The number of para-hydroxylation sites is 1. The first kappa shape index (κ1) is 23.9. The van der Waals surface area contributed by atoms with Gasteiger partial charge in [-0.25, -0.2) is 16.8 Å². The summed E-state index contributed by atoms with van der Waals surface area (Å²) in [6.45, 7) is 1.03. The molecule has 1 fully saturated rings. The highest BCUT2D eigenvalue weighted by atomic mass is 32.2. The molecule has 34 heavy (non-hydrogen) atoms. The van der Waals surface area contributed by atoms with Crippen LogP contribution in [0.4, 0.5) is 11.4 Å². The number of hydrogen-bond donors (Lipinski definition) is 2. The SMILES string of the molecule is O=C(Nc1ccc(S(=O)(=O)N2CCCCC2)cc1)c1cccc(S(=O)(=O)Nc2ccccc2)c1. The second-order valence-electron chi connectivity index (χ2n) is 7.94. The zero-order chi connectivity index (χ0) is 24.2. The van der Waals surface area contributed by atoms with E-state index in [1.807, 2.05) is 0 Å². The molecule has 4 rings (SSSR count). The number of amides is 1. The smallest absolute Gasteiger partial charge is 0.261 e. The zero-order valence-corrected chi connectivity index (χ0v) is 20.0. The lowest BCUT2D eigenvalue weighted by Crippen LogP contribution is -2.35. The van der Waals surface area contributed by atoms with Gasteiger partial charge in [0.2, 0.25) is 10.0 Å². The van der Waals surface area contributed by atoms with E-state index in [1.54, 1.807) is 30.3 Å². The van der Waals surface area contributed by atoms with Crippen LogP contribution >= 0.6 is 0 Å². The van der Waals surface area contributed by atoms with Gasteiger partial charge in [0.1, 0.15) is 0 Å². The van der Waals surface area contributed by atoms with Gasteiger partial charge in [-0.1, -0.05) is 30.7 Å². The monoisotopic (exact) mass is 499 g/mol. The summed E-state index contributed by atoms with van der Waals surface area (Å²) < 4.78 is 54.9. The summed E-state index contributed by atoms with van der Waals surface area (Å²) in [6, 6.07) is 20.1. The number of anilines is 2. The van der Waals surface area contributed by atoms with Crippen molar-refractivity contribution >= 4 is 37.3 Å². The van der Waals surface area contributed by atoms with Gasteiger partial charge >= 0.3 is 0 Å². The molecule has 0 atom stereocenters. The second kappa shape index (κ2) is 9.96. The first-order chi connectivity index (χ1) is 16.3. The van der Waals surface area contributed by atoms with E-state index >= 15 is 0 Å². The van der Waals surface area contributed by atoms with Crippen LogP contribution in [0.2, 0.25) is 0 Å². The van der Waals surface area contributed by atoms with Gasteiger partial charge < -0.3 is 5.32 Å². The molecule has 0 bridgehead atoms. The van der Waals surface area contributed by atoms with E-state index in [9.17, 15) is 21.6 Å². The predicted octanol–water partition coefficient (Wildman–Crippen LogP) is 3.91. The molecule has 3 aromatic carbocycles. The summed E-state index contributed by atoms with van der Waals surface area (Å²) >= 11 is 0. The maximum Gasteiger partial charge on any atom is 0.261 e. The molecule has 1 aliphatic heterocycles. The van der Waals surface area contributed by atoms with Crippen LogP contribution in [0.1, 0.15) is 29.6 Å². The van der Waals surface area contributed by atoms with Crippen LogP contribution in [0.25, 0.3) is 0 Å². The summed E-state index contributed by atoms with van der Waals surface area (Å²) in [6.07, 6.45) is 2.73. The van der Waals surface area contributed by atoms with E-state index in [0.29, 0.717) is 24.5 Å². The zero-order valence-electron chi connectivity index (χ0n) is 18.3. The summed E-state index contributed by atoms with van der Waals surface area (Å²) in [7, 11) is -7.44. The van der Waals surface area contributed by atoms with E-state index < -0.39 is 26.0 Å². The molecule has 0 aromatic heterocycles. The topological polar surface area (TPSA) is 113 Å². The Morgan fingerprint density at radius 1 is 0.706 bits per heavy atom. The van der Waals surface area contributed by atoms with Crippen molar-refractivity contribution in [3.63, 3.8) is 0 Å². The van der Waals surface area contributed by atoms with Gasteiger partial charge in [0.05, 0.1) is 9.79 Å². The molecule has 0 aliphatic carbocycles. The molecule has 1 amide bonds. The lowest BCUT2D eigenvalue weighted by atomic mass is 10.2. The normalized spacial score (nSPS) is 14.9. The highest BCUT2D eigenvalue weighted by Crippen LogP contribution is 2.23. The Labute approximate surface area is 199 Å². The number of piperidine rings is 1. The summed E-state index contributed by atoms with van der Waals surface area (Å²) in [5.41, 5.74) is 0.969. The molecule has 3 aromatic rings. The van der Waals surface area contributed by atoms with Crippen LogP contribution in [0.5, 0.6) is 0 Å². The Balaban J connectivity index is 1.47. The predicted molar refractivity (Wildman–Crippen MR) is 131 cm³/mol. The summed E-state index contributed by atoms with van der Waals surface area (Å²) in [5, 5.41) is 2.68. The Morgan fingerprint density at radius 2 is 1.38 bits per heavy atom. The number of rotatable bonds is 7. The molecular weight excluding hydrogens is 474 g/mol. The number of nitrogens with one attached hydrogen (secondary N) is 2. The van der Waals surface area contributed by atoms with Crippen molar-refractivity contribution < 1.29 is 21.6 Å². The molecule has 0 spiro atoms. The lowest BCUT2D eigenvalue weighted by molar-refractivity contribution is 0.102. The average Bonchev–Trinajstić information content (AvgIpc) is 2.85. The van der Waals surface area contributed by atoms with Gasteiger partial charge in [0.25, 0.3) is 15.9 Å². The van der Waals surface area contributed by atoms with Crippen molar-refractivity contribution in [2.24, 2.45) is 0 Å². The molecular formula is C24H25N3O5S2. The van der Waals surface area contributed by atoms with Crippen LogP contribution in [0.3, 0.4) is 0 Å². The highest BCUT2D eigenvalue weighted by Gasteiger charge is 2.25. The van der Waals surface area contributed by atoms with Gasteiger partial charge in [-0.2, -0.15) is 4.31 Å². The molecule has 0 unspecified atom stereocenters. The molecule has 1 saturated heterocycles. The Morgan fingerprint density at radius 3 is 2.06 bits per heavy atom. The van der Waals surface area contributed by atoms with Gasteiger partial charge in [-0.05, 0) is 67.4 Å². The first-order valence-electron chi connectivity index (χ1n) is 10.9. The Hall–Kier alpha value is -3.21. The minimum Gasteiger partial charge on any atom is -0.322 e. The third-order valence-electron chi connectivity index (χ3n) is 5.50. The fourth-order valence-corrected chi connectivity index (χ4v) is 6.31. The number of carbonyl (C=O) groups is 1. The van der Waals surface area contributed by atoms with Crippen LogP contribution in [-0.2, 0) is 20.0 Å². The largest absolute Gasteiger partial charge is 0.322 e. The molecule has 2 N–H and O–H groups in total. The van der Waals surface area contributed by atoms with Crippen molar-refractivity contribution in [1.29, 1.82) is 0 Å². The number of benzene rings is 3. The van der Waals surface area contributed by atoms with Crippen LogP contribution in [0.15, 0.2) is 88.7 Å². The number of sulfonamides is 2. The summed E-state index contributed by atoms with van der Waals surface area (Å²) in [4.78, 5) is 12.9. The van der Waals surface area contributed by atoms with Crippen LogP contribution in [-0.4, -0.2) is 40.1 Å². The molecule has 0 radical (unpaired) electrons. The third-order valence-corrected chi connectivity index (χ3v) is 8.79. The number of hydrogen-bond acceptors (Lipinski definition) is 5.